The number of benzene rings is 5. The van der Waals surface area contributed by atoms with Crippen molar-refractivity contribution < 1.29 is 9.15 Å². The van der Waals surface area contributed by atoms with Crippen LogP contribution in [-0.4, -0.2) is 19.3 Å². The average molecular weight is 667 g/mol. The summed E-state index contributed by atoms with van der Waals surface area (Å²) in [6, 6.07) is 37.7. The molecule has 0 unspecified atom stereocenters. The van der Waals surface area contributed by atoms with E-state index in [4.69, 9.17) is 19.2 Å². The van der Waals surface area contributed by atoms with E-state index in [1.54, 1.807) is 0 Å². The number of fused-ring (bicyclic) bond motifs is 7. The van der Waals surface area contributed by atoms with Gasteiger partial charge in [-0.05, 0) is 85.3 Å². The summed E-state index contributed by atoms with van der Waals surface area (Å²) in [7, 11) is 0. The Balaban J connectivity index is 1.23. The van der Waals surface area contributed by atoms with Crippen molar-refractivity contribution in [3.63, 3.8) is 0 Å². The lowest BCUT2D eigenvalue weighted by Gasteiger charge is -2.20. The molecule has 0 bridgehead atoms. The maximum Gasteiger partial charge on any atom is 0.178 e. The Bertz CT molecular complexity index is 2790. The number of aromatic nitrogens is 4. The highest BCUT2D eigenvalue weighted by Crippen LogP contribution is 2.46. The van der Waals surface area contributed by atoms with Gasteiger partial charge in [-0.15, -0.1) is 0 Å². The van der Waals surface area contributed by atoms with Crippen LogP contribution in [0, 0.1) is 20.8 Å². The third-order valence-corrected chi connectivity index (χ3v) is 9.92. The van der Waals surface area contributed by atoms with Crippen LogP contribution in [0.2, 0.25) is 0 Å². The Labute approximate surface area is 296 Å². The Morgan fingerprint density at radius 2 is 1.47 bits per heavy atom. The summed E-state index contributed by atoms with van der Waals surface area (Å²) in [6.07, 6.45) is 3.92. The standard InChI is InChI=1S/C45H38N4O2/c1-27-22-28(2)41(29(3)23-27)35-19-21-48(47-35)31-12-11-13-32(25-31)50-39-26-37-42(43-34-15-8-10-17-38(34)51-44(39)43)33-14-7-9-16-36(33)49(37)40-24-30(18-20-46-40)45(4,5)6/h7-26H,1-6H3. The molecule has 5 aromatic carbocycles. The van der Waals surface area contributed by atoms with Crippen molar-refractivity contribution in [1.29, 1.82) is 0 Å². The molecule has 0 aliphatic heterocycles. The number of hydrogen-bond acceptors (Lipinski definition) is 4. The van der Waals surface area contributed by atoms with Crippen LogP contribution < -0.4 is 4.74 Å². The van der Waals surface area contributed by atoms with Gasteiger partial charge in [-0.3, -0.25) is 4.57 Å². The van der Waals surface area contributed by atoms with Crippen LogP contribution in [0.5, 0.6) is 11.5 Å². The fourth-order valence-corrected chi connectivity index (χ4v) is 7.65. The van der Waals surface area contributed by atoms with Gasteiger partial charge in [-0.25, -0.2) is 9.67 Å². The van der Waals surface area contributed by atoms with Crippen LogP contribution in [0.4, 0.5) is 0 Å². The van der Waals surface area contributed by atoms with Gasteiger partial charge >= 0.3 is 0 Å². The van der Waals surface area contributed by atoms with E-state index in [1.165, 1.54) is 27.8 Å². The van der Waals surface area contributed by atoms with Crippen molar-refractivity contribution in [3.8, 4) is 34.3 Å². The third kappa shape index (κ3) is 5.09. The van der Waals surface area contributed by atoms with Crippen molar-refractivity contribution in [2.75, 3.05) is 0 Å². The first-order valence-electron chi connectivity index (χ1n) is 17.4. The summed E-state index contributed by atoms with van der Waals surface area (Å²) >= 11 is 0. The number of ether oxygens (including phenoxy) is 1. The molecule has 0 saturated carbocycles. The molecule has 0 radical (unpaired) electrons. The molecule has 0 atom stereocenters. The minimum Gasteiger partial charge on any atom is -0.453 e. The van der Waals surface area contributed by atoms with E-state index in [9.17, 15) is 0 Å². The first-order valence-corrected chi connectivity index (χ1v) is 17.4. The van der Waals surface area contributed by atoms with Gasteiger partial charge in [0.2, 0.25) is 0 Å². The smallest absolute Gasteiger partial charge is 0.178 e. The summed E-state index contributed by atoms with van der Waals surface area (Å²) in [5, 5.41) is 9.31. The Morgan fingerprint density at radius 3 is 2.27 bits per heavy atom. The average Bonchev–Trinajstić information content (AvgIpc) is 3.82. The molecule has 6 nitrogen and oxygen atoms in total. The number of pyridine rings is 1. The van der Waals surface area contributed by atoms with E-state index in [1.807, 2.05) is 53.5 Å². The van der Waals surface area contributed by atoms with E-state index >= 15 is 0 Å². The summed E-state index contributed by atoms with van der Waals surface area (Å²) in [4.78, 5) is 4.91. The molecule has 0 aliphatic carbocycles. The molecular weight excluding hydrogens is 629 g/mol. The highest BCUT2D eigenvalue weighted by atomic mass is 16.5. The van der Waals surface area contributed by atoms with Crippen molar-refractivity contribution in [1.82, 2.24) is 19.3 Å². The normalized spacial score (nSPS) is 12.1. The Kier molecular flexibility index (Phi) is 6.94. The lowest BCUT2D eigenvalue weighted by Crippen LogP contribution is -2.12. The van der Waals surface area contributed by atoms with Gasteiger partial charge in [-0.1, -0.05) is 80.9 Å². The molecule has 4 aromatic heterocycles. The number of aryl methyl sites for hydroxylation is 3. The number of furan rings is 1. The van der Waals surface area contributed by atoms with E-state index in [-0.39, 0.29) is 5.41 Å². The highest BCUT2D eigenvalue weighted by molar-refractivity contribution is 6.28. The minimum atomic E-state index is -0.0309. The molecule has 4 heterocycles. The highest BCUT2D eigenvalue weighted by Gasteiger charge is 2.24. The lowest BCUT2D eigenvalue weighted by atomic mass is 9.88. The summed E-state index contributed by atoms with van der Waals surface area (Å²) in [5.41, 5.74) is 11.5. The van der Waals surface area contributed by atoms with Gasteiger partial charge in [0.05, 0.1) is 22.4 Å². The van der Waals surface area contributed by atoms with Gasteiger partial charge in [0.15, 0.2) is 11.3 Å². The molecule has 0 spiro atoms. The second-order valence-corrected chi connectivity index (χ2v) is 14.6. The lowest BCUT2D eigenvalue weighted by molar-refractivity contribution is 0.476. The second kappa shape index (κ2) is 11.5. The van der Waals surface area contributed by atoms with Crippen molar-refractivity contribution in [2.24, 2.45) is 0 Å². The summed E-state index contributed by atoms with van der Waals surface area (Å²) in [6.45, 7) is 13.1. The zero-order valence-electron chi connectivity index (χ0n) is 29.7. The molecule has 6 heteroatoms. The first kappa shape index (κ1) is 30.9. The molecule has 250 valence electrons. The van der Waals surface area contributed by atoms with Gasteiger partial charge in [0.1, 0.15) is 17.2 Å². The van der Waals surface area contributed by atoms with E-state index < -0.39 is 0 Å². The number of hydrogen-bond donors (Lipinski definition) is 0. The molecule has 0 N–H and O–H groups in total. The summed E-state index contributed by atoms with van der Waals surface area (Å²) < 4.78 is 17.6. The molecule has 0 fully saturated rings. The fraction of sp³-hybridized carbons (Fsp3) is 0.156. The number of rotatable bonds is 5. The largest absolute Gasteiger partial charge is 0.453 e. The van der Waals surface area contributed by atoms with Crippen molar-refractivity contribution >= 4 is 43.7 Å². The van der Waals surface area contributed by atoms with E-state index in [0.717, 1.165) is 55.4 Å². The number of para-hydroxylation sites is 2. The Hall–Kier alpha value is -6.14. The SMILES string of the molecule is Cc1cc(C)c(-c2ccn(-c3cccc(Oc4cc5c(c6ccccc6n5-c5cc(C(C)(C)C)ccn5)c5c4oc4ccccc45)c3)n2)c(C)c1. The van der Waals surface area contributed by atoms with Gasteiger partial charge in [-0.2, -0.15) is 5.10 Å². The molecule has 51 heavy (non-hydrogen) atoms. The topological polar surface area (TPSA) is 58.0 Å². The van der Waals surface area contributed by atoms with Gasteiger partial charge < -0.3 is 9.15 Å². The van der Waals surface area contributed by atoms with Crippen LogP contribution in [-0.2, 0) is 5.41 Å². The van der Waals surface area contributed by atoms with Gasteiger partial charge in [0.25, 0.3) is 0 Å². The number of nitrogens with zero attached hydrogens (tertiary/aromatic N) is 4. The monoisotopic (exact) mass is 666 g/mol. The zero-order valence-corrected chi connectivity index (χ0v) is 29.7. The second-order valence-electron chi connectivity index (χ2n) is 14.6. The van der Waals surface area contributed by atoms with Crippen molar-refractivity contribution in [3.05, 3.63) is 144 Å². The molecule has 0 amide bonds. The fourth-order valence-electron chi connectivity index (χ4n) is 7.65. The molecule has 9 rings (SSSR count). The minimum absolute atomic E-state index is 0.0309. The quantitative estimate of drug-likeness (QED) is 0.183. The molecule has 0 aliphatic rings. The molecule has 0 saturated heterocycles. The van der Waals surface area contributed by atoms with Gasteiger partial charge in [0, 0.05) is 51.6 Å². The summed E-state index contributed by atoms with van der Waals surface area (Å²) in [5.74, 6) is 2.18. The van der Waals surface area contributed by atoms with E-state index in [2.05, 4.69) is 119 Å². The molecular formula is C45H38N4O2. The van der Waals surface area contributed by atoms with Crippen molar-refractivity contribution in [2.45, 2.75) is 47.0 Å². The zero-order chi connectivity index (χ0) is 35.0. The van der Waals surface area contributed by atoms with Crippen LogP contribution in [0.25, 0.3) is 66.5 Å². The predicted molar refractivity (Wildman–Crippen MR) is 208 cm³/mol. The maximum absolute atomic E-state index is 6.83. The van der Waals surface area contributed by atoms with Crippen LogP contribution in [0.1, 0.15) is 43.0 Å². The third-order valence-electron chi connectivity index (χ3n) is 9.92. The Morgan fingerprint density at radius 1 is 0.706 bits per heavy atom. The predicted octanol–water partition coefficient (Wildman–Crippen LogP) is 11.9. The molecule has 9 aromatic rings. The maximum atomic E-state index is 6.83. The van der Waals surface area contributed by atoms with Crippen LogP contribution in [0.3, 0.4) is 0 Å². The van der Waals surface area contributed by atoms with Crippen LogP contribution >= 0.6 is 0 Å². The van der Waals surface area contributed by atoms with Crippen LogP contribution in [0.15, 0.2) is 126 Å². The first-order chi connectivity index (χ1) is 24.6. The van der Waals surface area contributed by atoms with E-state index in [0.29, 0.717) is 17.1 Å².